The van der Waals surface area contributed by atoms with Gasteiger partial charge in [0.25, 0.3) is 5.91 Å². The standard InChI is InChI=1S/C46H47ClF4N10O3/c1-28-38-40(55-42(54-28)58-20-15-45(27-58)12-3-21-64-45)61(31-9-17-56(18-10-31)26-44(13-14-44)46(49,50)51)43(63)60(38)32-7-8-36(53-23-32)41(62)57-19-11-33-34-4-2-16-52-39(34)59(37(33)25-57)24-29-5-6-30(47)22-35(29)48/h2,4-8,16,22-23,31H,3,9-15,17-21,24-27H2,1H3. The van der Waals surface area contributed by atoms with Gasteiger partial charge in [0.15, 0.2) is 5.65 Å². The maximum Gasteiger partial charge on any atom is 0.395 e. The van der Waals surface area contributed by atoms with Gasteiger partial charge in [-0.05, 0) is 100 Å². The number of pyridine rings is 2. The number of fused-ring (bicyclic) bond motifs is 4. The lowest BCUT2D eigenvalue weighted by Gasteiger charge is -2.35. The summed E-state index contributed by atoms with van der Waals surface area (Å²) >= 11 is 6.05. The number of likely N-dealkylation sites (tertiary alicyclic amines) is 1. The first kappa shape index (κ1) is 41.3. The second-order valence-electron chi connectivity index (χ2n) is 18.4. The lowest BCUT2D eigenvalue weighted by atomic mass is 10.00. The molecule has 1 amide bonds. The van der Waals surface area contributed by atoms with Crippen molar-refractivity contribution in [3.05, 3.63) is 104 Å². The van der Waals surface area contributed by atoms with Crippen molar-refractivity contribution in [3.8, 4) is 5.69 Å². The Labute approximate surface area is 370 Å². The number of amides is 1. The molecule has 13 nitrogen and oxygen atoms in total. The molecular weight excluding hydrogens is 852 g/mol. The summed E-state index contributed by atoms with van der Waals surface area (Å²) < 4.78 is 68.1. The normalized spacial score (nSPS) is 21.5. The van der Waals surface area contributed by atoms with Crippen LogP contribution in [0.3, 0.4) is 0 Å². The van der Waals surface area contributed by atoms with Crippen LogP contribution < -0.4 is 10.6 Å². The molecule has 11 rings (SSSR count). The van der Waals surface area contributed by atoms with E-state index in [1.54, 1.807) is 44.5 Å². The Kier molecular flexibility index (Phi) is 9.92. The van der Waals surface area contributed by atoms with Crippen LogP contribution in [-0.2, 0) is 24.2 Å². The maximum absolute atomic E-state index is 15.1. The molecule has 18 heteroatoms. The summed E-state index contributed by atoms with van der Waals surface area (Å²) in [5.74, 6) is -0.205. The smallest absolute Gasteiger partial charge is 0.373 e. The van der Waals surface area contributed by atoms with Crippen LogP contribution in [0.1, 0.15) is 84.0 Å². The topological polar surface area (TPSA) is 119 Å². The number of hydrogen-bond donors (Lipinski definition) is 0. The second kappa shape index (κ2) is 15.4. The Balaban J connectivity index is 0.898. The molecule has 1 aromatic carbocycles. The first-order chi connectivity index (χ1) is 30.8. The molecule has 1 atom stereocenters. The molecule has 1 unspecified atom stereocenters. The van der Waals surface area contributed by atoms with Gasteiger partial charge in [0, 0.05) is 79.8 Å². The maximum atomic E-state index is 15.1. The van der Waals surface area contributed by atoms with Gasteiger partial charge >= 0.3 is 11.9 Å². The van der Waals surface area contributed by atoms with E-state index in [1.807, 2.05) is 28.5 Å². The highest BCUT2D eigenvalue weighted by Gasteiger charge is 2.63. The van der Waals surface area contributed by atoms with E-state index in [9.17, 15) is 22.8 Å². The quantitative estimate of drug-likeness (QED) is 0.144. The van der Waals surface area contributed by atoms with E-state index in [-0.39, 0.29) is 61.4 Å². The summed E-state index contributed by atoms with van der Waals surface area (Å²) in [6.45, 7) is 5.68. The van der Waals surface area contributed by atoms with Gasteiger partial charge in [-0.15, -0.1) is 0 Å². The summed E-state index contributed by atoms with van der Waals surface area (Å²) in [5.41, 5.74) is 3.07. The molecule has 64 heavy (non-hydrogen) atoms. The summed E-state index contributed by atoms with van der Waals surface area (Å²) in [4.78, 5) is 54.0. The number of nitrogens with zero attached hydrogens (tertiary/aromatic N) is 10. The van der Waals surface area contributed by atoms with Crippen molar-refractivity contribution < 1.29 is 27.1 Å². The average molecular weight is 899 g/mol. The lowest BCUT2D eigenvalue weighted by Crippen LogP contribution is -2.43. The van der Waals surface area contributed by atoms with E-state index in [0.29, 0.717) is 96.7 Å². The number of aryl methyl sites for hydroxylation is 1. The number of imidazole rings is 1. The van der Waals surface area contributed by atoms with Gasteiger partial charge in [-0.25, -0.2) is 24.1 Å². The zero-order valence-electron chi connectivity index (χ0n) is 35.4. The number of carbonyl (C=O) groups is 1. The van der Waals surface area contributed by atoms with Crippen LogP contribution in [0.2, 0.25) is 5.02 Å². The van der Waals surface area contributed by atoms with Crippen LogP contribution in [0.4, 0.5) is 23.5 Å². The molecule has 1 aliphatic carbocycles. The Morgan fingerprint density at radius 3 is 2.53 bits per heavy atom. The number of halogens is 5. The zero-order valence-corrected chi connectivity index (χ0v) is 36.1. The Morgan fingerprint density at radius 2 is 1.81 bits per heavy atom. The number of hydrogen-bond acceptors (Lipinski definition) is 9. The first-order valence-corrected chi connectivity index (χ1v) is 22.5. The van der Waals surface area contributed by atoms with Crippen molar-refractivity contribution in [1.29, 1.82) is 0 Å². The minimum atomic E-state index is -4.23. The van der Waals surface area contributed by atoms with Gasteiger partial charge in [0.1, 0.15) is 22.7 Å². The van der Waals surface area contributed by atoms with Gasteiger partial charge in [-0.2, -0.15) is 18.2 Å². The molecule has 5 aliphatic rings. The second-order valence-corrected chi connectivity index (χ2v) is 18.8. The van der Waals surface area contributed by atoms with Crippen LogP contribution in [0.25, 0.3) is 27.9 Å². The van der Waals surface area contributed by atoms with Gasteiger partial charge in [0.05, 0.1) is 41.7 Å². The van der Waals surface area contributed by atoms with Crippen LogP contribution in [0.15, 0.2) is 59.7 Å². The number of rotatable bonds is 8. The fraction of sp³-hybridized carbons (Fsp3) is 0.478. The number of carbonyl (C=O) groups excluding carboxylic acids is 1. The van der Waals surface area contributed by atoms with E-state index in [4.69, 9.17) is 26.3 Å². The molecule has 1 saturated carbocycles. The number of anilines is 1. The number of alkyl halides is 3. The fourth-order valence-electron chi connectivity index (χ4n) is 10.7. The number of benzene rings is 1. The van der Waals surface area contributed by atoms with E-state index < -0.39 is 17.4 Å². The van der Waals surface area contributed by atoms with Crippen molar-refractivity contribution >= 4 is 45.7 Å². The molecule has 4 aliphatic heterocycles. The molecule has 0 bridgehead atoms. The van der Waals surface area contributed by atoms with Crippen molar-refractivity contribution in [1.82, 2.24) is 43.4 Å². The highest BCUT2D eigenvalue weighted by molar-refractivity contribution is 6.30. The predicted molar refractivity (Wildman–Crippen MR) is 232 cm³/mol. The third-order valence-electron chi connectivity index (χ3n) is 14.4. The molecule has 6 aromatic rings. The van der Waals surface area contributed by atoms with Crippen molar-refractivity contribution in [2.75, 3.05) is 50.8 Å². The summed E-state index contributed by atoms with van der Waals surface area (Å²) in [5, 5.41) is 1.27. The van der Waals surface area contributed by atoms with Gasteiger partial charge < -0.3 is 24.0 Å². The van der Waals surface area contributed by atoms with Gasteiger partial charge in [0.2, 0.25) is 5.95 Å². The minimum Gasteiger partial charge on any atom is -0.373 e. The minimum absolute atomic E-state index is 0.0243. The SMILES string of the molecule is Cc1nc(N2CCC3(CCCO3)C2)nc2c1n(-c1ccc(C(=O)N3CCc4c(n(Cc5ccc(Cl)cc5F)c5ncccc45)C3)nc1)c(=O)n2C1CCN(CC2(C(F)(F)F)CC2)CC1. The lowest BCUT2D eigenvalue weighted by molar-refractivity contribution is -0.192. The molecule has 4 fully saturated rings. The number of ether oxygens (including phenoxy) is 1. The van der Waals surface area contributed by atoms with E-state index >= 15 is 4.39 Å². The molecular formula is C46H47ClF4N10O3. The van der Waals surface area contributed by atoms with E-state index in [2.05, 4.69) is 14.9 Å². The van der Waals surface area contributed by atoms with Crippen LogP contribution in [0, 0.1) is 18.2 Å². The zero-order chi connectivity index (χ0) is 44.1. The molecule has 0 N–H and O–H groups in total. The van der Waals surface area contributed by atoms with E-state index in [1.165, 1.54) is 12.3 Å². The summed E-state index contributed by atoms with van der Waals surface area (Å²) in [6, 6.07) is 11.5. The molecule has 3 saturated heterocycles. The summed E-state index contributed by atoms with van der Waals surface area (Å²) in [6.07, 6.45) is 3.66. The highest BCUT2D eigenvalue weighted by Crippen LogP contribution is 2.58. The van der Waals surface area contributed by atoms with Crippen LogP contribution in [0.5, 0.6) is 0 Å². The fourth-order valence-corrected chi connectivity index (χ4v) is 10.9. The Morgan fingerprint density at radius 1 is 0.984 bits per heavy atom. The molecule has 334 valence electrons. The van der Waals surface area contributed by atoms with Crippen LogP contribution in [-0.4, -0.2) is 107 Å². The number of piperidine rings is 1. The van der Waals surface area contributed by atoms with Crippen molar-refractivity contribution in [3.63, 3.8) is 0 Å². The van der Waals surface area contributed by atoms with Crippen molar-refractivity contribution in [2.45, 2.75) is 89.2 Å². The monoisotopic (exact) mass is 898 g/mol. The molecule has 0 radical (unpaired) electrons. The van der Waals surface area contributed by atoms with Gasteiger partial charge in [-0.3, -0.25) is 13.9 Å². The van der Waals surface area contributed by atoms with Gasteiger partial charge in [-0.1, -0.05) is 17.7 Å². The Bertz CT molecular complexity index is 2880. The molecule has 5 aromatic heterocycles. The first-order valence-electron chi connectivity index (χ1n) is 22.1. The van der Waals surface area contributed by atoms with Crippen molar-refractivity contribution in [2.24, 2.45) is 5.41 Å². The largest absolute Gasteiger partial charge is 0.395 e. The summed E-state index contributed by atoms with van der Waals surface area (Å²) in [7, 11) is 0. The Hall–Kier alpha value is -5.39. The number of aromatic nitrogens is 7. The third kappa shape index (κ3) is 6.96. The highest BCUT2D eigenvalue weighted by atomic mass is 35.5. The average Bonchev–Trinajstić information content (AvgIpc) is 3.53. The molecule has 9 heterocycles. The predicted octanol–water partition coefficient (Wildman–Crippen LogP) is 7.41. The van der Waals surface area contributed by atoms with Crippen LogP contribution >= 0.6 is 11.6 Å². The van der Waals surface area contributed by atoms with E-state index in [0.717, 1.165) is 42.5 Å². The molecule has 1 spiro atoms. The third-order valence-corrected chi connectivity index (χ3v) is 14.7.